The van der Waals surface area contributed by atoms with Crippen LogP contribution in [0.25, 0.3) is 6.08 Å². The Morgan fingerprint density at radius 2 is 1.67 bits per heavy atom. The molecule has 0 aliphatic carbocycles. The number of para-hydroxylation sites is 1. The summed E-state index contributed by atoms with van der Waals surface area (Å²) < 4.78 is 11.3. The highest BCUT2D eigenvalue weighted by Gasteiger charge is 2.16. The Labute approximate surface area is 211 Å². The number of hydrogen-bond acceptors (Lipinski definition) is 5. The van der Waals surface area contributed by atoms with Gasteiger partial charge in [0.15, 0.2) is 0 Å². The zero-order valence-corrected chi connectivity index (χ0v) is 20.4. The fraction of sp³-hybridized carbons (Fsp3) is 0.241. The van der Waals surface area contributed by atoms with E-state index < -0.39 is 0 Å². The number of aryl methyl sites for hydroxylation is 1. The SMILES string of the molecule is Cc1ccc(C(=O)NC(=Cc2cccc(Oc3ccccc3)c2)C(=O)NCCN2CCOCC2)cc1. The molecule has 1 aliphatic rings. The van der Waals surface area contributed by atoms with Gasteiger partial charge in [0, 0.05) is 31.7 Å². The van der Waals surface area contributed by atoms with Crippen molar-refractivity contribution in [2.45, 2.75) is 6.92 Å². The average Bonchev–Trinajstić information content (AvgIpc) is 2.90. The fourth-order valence-corrected chi connectivity index (χ4v) is 3.76. The minimum atomic E-state index is -0.349. The van der Waals surface area contributed by atoms with Crippen LogP contribution in [0, 0.1) is 6.92 Å². The van der Waals surface area contributed by atoms with Gasteiger partial charge in [-0.15, -0.1) is 0 Å². The number of rotatable bonds is 9. The average molecular weight is 486 g/mol. The summed E-state index contributed by atoms with van der Waals surface area (Å²) in [5.41, 5.74) is 2.43. The maximum atomic E-state index is 13.1. The Hall–Kier alpha value is -3.94. The second-order valence-corrected chi connectivity index (χ2v) is 8.58. The fourth-order valence-electron chi connectivity index (χ4n) is 3.76. The molecule has 1 fully saturated rings. The summed E-state index contributed by atoms with van der Waals surface area (Å²) in [7, 11) is 0. The van der Waals surface area contributed by atoms with E-state index in [1.807, 2.05) is 73.7 Å². The Balaban J connectivity index is 1.50. The third-order valence-corrected chi connectivity index (χ3v) is 5.77. The monoisotopic (exact) mass is 485 g/mol. The number of morpholine rings is 1. The Morgan fingerprint density at radius 1 is 0.944 bits per heavy atom. The van der Waals surface area contributed by atoms with E-state index in [0.29, 0.717) is 43.4 Å². The molecule has 0 spiro atoms. The molecule has 3 aromatic carbocycles. The predicted molar refractivity (Wildman–Crippen MR) is 140 cm³/mol. The number of nitrogens with zero attached hydrogens (tertiary/aromatic N) is 1. The second kappa shape index (κ2) is 12.7. The molecular weight excluding hydrogens is 454 g/mol. The standard InChI is InChI=1S/C29H31N3O4/c1-22-10-12-24(13-11-22)28(33)31-27(29(34)30-14-15-32-16-18-35-19-17-32)21-23-6-5-9-26(20-23)36-25-7-3-2-4-8-25/h2-13,20-21H,14-19H2,1H3,(H,30,34)(H,31,33). The zero-order valence-electron chi connectivity index (χ0n) is 20.4. The molecular formula is C29H31N3O4. The highest BCUT2D eigenvalue weighted by molar-refractivity contribution is 6.05. The van der Waals surface area contributed by atoms with Crippen LogP contribution in [-0.4, -0.2) is 56.1 Å². The van der Waals surface area contributed by atoms with E-state index in [-0.39, 0.29) is 17.5 Å². The number of carbonyl (C=O) groups is 2. The molecule has 1 aliphatic heterocycles. The molecule has 0 unspecified atom stereocenters. The molecule has 186 valence electrons. The summed E-state index contributed by atoms with van der Waals surface area (Å²) in [5, 5.41) is 5.73. The highest BCUT2D eigenvalue weighted by atomic mass is 16.5. The first-order valence-electron chi connectivity index (χ1n) is 12.1. The summed E-state index contributed by atoms with van der Waals surface area (Å²) in [6.45, 7) is 6.23. The van der Waals surface area contributed by atoms with Gasteiger partial charge >= 0.3 is 0 Å². The number of benzene rings is 3. The summed E-state index contributed by atoms with van der Waals surface area (Å²) in [6.07, 6.45) is 1.66. The van der Waals surface area contributed by atoms with E-state index in [9.17, 15) is 9.59 Å². The lowest BCUT2D eigenvalue weighted by Gasteiger charge is -2.26. The van der Waals surface area contributed by atoms with E-state index in [1.54, 1.807) is 18.2 Å². The number of hydrogen-bond donors (Lipinski definition) is 2. The van der Waals surface area contributed by atoms with E-state index in [1.165, 1.54) is 0 Å². The van der Waals surface area contributed by atoms with E-state index in [2.05, 4.69) is 15.5 Å². The second-order valence-electron chi connectivity index (χ2n) is 8.58. The smallest absolute Gasteiger partial charge is 0.267 e. The molecule has 7 nitrogen and oxygen atoms in total. The minimum absolute atomic E-state index is 0.166. The van der Waals surface area contributed by atoms with Crippen LogP contribution in [0.1, 0.15) is 21.5 Å². The van der Waals surface area contributed by atoms with E-state index >= 15 is 0 Å². The van der Waals surface area contributed by atoms with Crippen molar-refractivity contribution in [3.05, 3.63) is 101 Å². The molecule has 0 atom stereocenters. The molecule has 2 N–H and O–H groups in total. The molecule has 0 aromatic heterocycles. The predicted octanol–water partition coefficient (Wildman–Crippen LogP) is 4.01. The van der Waals surface area contributed by atoms with Crippen LogP contribution in [0.2, 0.25) is 0 Å². The molecule has 2 amide bonds. The normalized spacial score (nSPS) is 14.2. The van der Waals surface area contributed by atoms with Crippen molar-refractivity contribution in [2.75, 3.05) is 39.4 Å². The number of nitrogens with one attached hydrogen (secondary N) is 2. The maximum absolute atomic E-state index is 13.1. The summed E-state index contributed by atoms with van der Waals surface area (Å²) >= 11 is 0. The van der Waals surface area contributed by atoms with Crippen molar-refractivity contribution < 1.29 is 19.1 Å². The first-order valence-corrected chi connectivity index (χ1v) is 12.1. The first kappa shape index (κ1) is 25.2. The van der Waals surface area contributed by atoms with Crippen molar-refractivity contribution >= 4 is 17.9 Å². The molecule has 0 saturated carbocycles. The van der Waals surface area contributed by atoms with Crippen LogP contribution in [0.3, 0.4) is 0 Å². The lowest BCUT2D eigenvalue weighted by atomic mass is 10.1. The quantitative estimate of drug-likeness (QED) is 0.448. The van der Waals surface area contributed by atoms with Crippen LogP contribution < -0.4 is 15.4 Å². The number of amides is 2. The van der Waals surface area contributed by atoms with Crippen molar-refractivity contribution in [2.24, 2.45) is 0 Å². The van der Waals surface area contributed by atoms with Gasteiger partial charge in [-0.1, -0.05) is 48.0 Å². The third kappa shape index (κ3) is 7.53. The molecule has 0 radical (unpaired) electrons. The Morgan fingerprint density at radius 3 is 2.42 bits per heavy atom. The zero-order chi connectivity index (χ0) is 25.2. The van der Waals surface area contributed by atoms with Crippen molar-refractivity contribution in [1.29, 1.82) is 0 Å². The lowest BCUT2D eigenvalue weighted by Crippen LogP contribution is -2.42. The number of ether oxygens (including phenoxy) is 2. The van der Waals surface area contributed by atoms with E-state index in [0.717, 1.165) is 24.2 Å². The van der Waals surface area contributed by atoms with Crippen LogP contribution in [-0.2, 0) is 9.53 Å². The van der Waals surface area contributed by atoms with Crippen LogP contribution in [0.15, 0.2) is 84.6 Å². The molecule has 1 heterocycles. The van der Waals surface area contributed by atoms with Crippen molar-refractivity contribution in [3.8, 4) is 11.5 Å². The van der Waals surface area contributed by atoms with Gasteiger partial charge in [-0.25, -0.2) is 0 Å². The van der Waals surface area contributed by atoms with Gasteiger partial charge in [-0.3, -0.25) is 14.5 Å². The Bertz CT molecular complexity index is 1190. The largest absolute Gasteiger partial charge is 0.457 e. The summed E-state index contributed by atoms with van der Waals surface area (Å²) in [6, 6.07) is 24.1. The maximum Gasteiger partial charge on any atom is 0.267 e. The molecule has 0 bridgehead atoms. The van der Waals surface area contributed by atoms with E-state index in [4.69, 9.17) is 9.47 Å². The Kier molecular flexibility index (Phi) is 8.86. The van der Waals surface area contributed by atoms with Crippen molar-refractivity contribution in [1.82, 2.24) is 15.5 Å². The summed E-state index contributed by atoms with van der Waals surface area (Å²) in [4.78, 5) is 28.3. The van der Waals surface area contributed by atoms with Crippen LogP contribution in [0.4, 0.5) is 0 Å². The number of carbonyl (C=O) groups excluding carboxylic acids is 2. The molecule has 3 aromatic rings. The molecule has 1 saturated heterocycles. The molecule has 36 heavy (non-hydrogen) atoms. The summed E-state index contributed by atoms with van der Waals surface area (Å²) in [5.74, 6) is 0.652. The van der Waals surface area contributed by atoms with Gasteiger partial charge in [-0.2, -0.15) is 0 Å². The molecule has 4 rings (SSSR count). The van der Waals surface area contributed by atoms with Gasteiger partial charge in [0.25, 0.3) is 11.8 Å². The first-order chi connectivity index (χ1) is 17.6. The topological polar surface area (TPSA) is 79.9 Å². The minimum Gasteiger partial charge on any atom is -0.457 e. The van der Waals surface area contributed by atoms with Gasteiger partial charge in [-0.05, 0) is 55.0 Å². The van der Waals surface area contributed by atoms with Gasteiger partial charge in [0.2, 0.25) is 0 Å². The molecule has 7 heteroatoms. The highest BCUT2D eigenvalue weighted by Crippen LogP contribution is 2.22. The van der Waals surface area contributed by atoms with Gasteiger partial charge in [0.1, 0.15) is 17.2 Å². The van der Waals surface area contributed by atoms with Gasteiger partial charge < -0.3 is 20.1 Å². The van der Waals surface area contributed by atoms with Crippen LogP contribution >= 0.6 is 0 Å². The van der Waals surface area contributed by atoms with Gasteiger partial charge in [0.05, 0.1) is 13.2 Å². The third-order valence-electron chi connectivity index (χ3n) is 5.77. The van der Waals surface area contributed by atoms with Crippen molar-refractivity contribution in [3.63, 3.8) is 0 Å². The van der Waals surface area contributed by atoms with Crippen LogP contribution in [0.5, 0.6) is 11.5 Å². The lowest BCUT2D eigenvalue weighted by molar-refractivity contribution is -0.117.